The summed E-state index contributed by atoms with van der Waals surface area (Å²) in [5.74, 6) is 1.53. The van der Waals surface area contributed by atoms with Crippen molar-refractivity contribution in [3.63, 3.8) is 0 Å². The van der Waals surface area contributed by atoms with Crippen molar-refractivity contribution in [3.8, 4) is 5.75 Å². The van der Waals surface area contributed by atoms with Crippen LogP contribution in [0.4, 0.5) is 0 Å². The molecule has 1 rings (SSSR count). The number of ether oxygens (including phenoxy) is 1. The zero-order chi connectivity index (χ0) is 14.3. The minimum absolute atomic E-state index is 0.238. The summed E-state index contributed by atoms with van der Waals surface area (Å²) in [6, 6.07) is 8.95. The molecule has 19 heavy (non-hydrogen) atoms. The first-order valence-corrected chi connectivity index (χ1v) is 7.53. The number of rotatable bonds is 8. The maximum absolute atomic E-state index is 6.02. The van der Waals surface area contributed by atoms with E-state index in [0.29, 0.717) is 12.0 Å². The molecule has 0 aliphatic carbocycles. The van der Waals surface area contributed by atoms with E-state index < -0.39 is 0 Å². The van der Waals surface area contributed by atoms with E-state index in [9.17, 15) is 0 Å². The first-order valence-electron chi connectivity index (χ1n) is 7.53. The Morgan fingerprint density at radius 1 is 1.16 bits per heavy atom. The van der Waals surface area contributed by atoms with Crippen LogP contribution in [0, 0.1) is 0 Å². The number of hydrogen-bond acceptors (Lipinski definition) is 2. The molecule has 0 saturated heterocycles. The lowest BCUT2D eigenvalue weighted by Gasteiger charge is -2.20. The third kappa shape index (κ3) is 6.11. The molecule has 0 fully saturated rings. The minimum atomic E-state index is 0.238. The molecule has 2 atom stereocenters. The Balaban J connectivity index is 2.47. The van der Waals surface area contributed by atoms with Gasteiger partial charge in [-0.3, -0.25) is 0 Å². The van der Waals surface area contributed by atoms with Gasteiger partial charge in [-0.05, 0) is 56.8 Å². The van der Waals surface area contributed by atoms with E-state index in [-0.39, 0.29) is 6.10 Å². The molecular weight excluding hydrogens is 234 g/mol. The summed E-state index contributed by atoms with van der Waals surface area (Å²) in [4.78, 5) is 0. The van der Waals surface area contributed by atoms with Gasteiger partial charge in [0.05, 0.1) is 6.10 Å². The summed E-state index contributed by atoms with van der Waals surface area (Å²) in [6.07, 6.45) is 2.45. The van der Waals surface area contributed by atoms with Crippen molar-refractivity contribution in [1.29, 1.82) is 0 Å². The molecule has 0 bridgehead atoms. The smallest absolute Gasteiger partial charge is 0.119 e. The summed E-state index contributed by atoms with van der Waals surface area (Å²) in [5.41, 5.74) is 1.34. The van der Waals surface area contributed by atoms with Gasteiger partial charge in [0.2, 0.25) is 0 Å². The molecule has 0 heterocycles. The van der Waals surface area contributed by atoms with Crippen LogP contribution >= 0.6 is 0 Å². The quantitative estimate of drug-likeness (QED) is 0.752. The first kappa shape index (κ1) is 16.0. The van der Waals surface area contributed by atoms with E-state index in [1.807, 2.05) is 6.07 Å². The molecule has 0 aliphatic rings. The standard InChI is InChI=1S/C17H29NO/c1-6-10-18-14(4)11-15(5)19-17-9-7-8-16(12-17)13(2)3/h7-9,12-15,18H,6,10-11H2,1-5H3. The van der Waals surface area contributed by atoms with Crippen LogP contribution in [0.2, 0.25) is 0 Å². The largest absolute Gasteiger partial charge is 0.491 e. The summed E-state index contributed by atoms with van der Waals surface area (Å²) < 4.78 is 6.02. The van der Waals surface area contributed by atoms with Gasteiger partial charge in [0.15, 0.2) is 0 Å². The van der Waals surface area contributed by atoms with Gasteiger partial charge in [-0.1, -0.05) is 32.9 Å². The van der Waals surface area contributed by atoms with Gasteiger partial charge in [-0.2, -0.15) is 0 Å². The van der Waals surface area contributed by atoms with Gasteiger partial charge in [0.1, 0.15) is 5.75 Å². The van der Waals surface area contributed by atoms with Crippen molar-refractivity contribution in [2.24, 2.45) is 0 Å². The SMILES string of the molecule is CCCNC(C)CC(C)Oc1cccc(C(C)C)c1. The van der Waals surface area contributed by atoms with Crippen molar-refractivity contribution >= 4 is 0 Å². The fourth-order valence-electron chi connectivity index (χ4n) is 2.20. The zero-order valence-electron chi connectivity index (χ0n) is 13.1. The lowest BCUT2D eigenvalue weighted by molar-refractivity contribution is 0.196. The minimum Gasteiger partial charge on any atom is -0.491 e. The van der Waals surface area contributed by atoms with Crippen LogP contribution in [0.5, 0.6) is 5.75 Å². The lowest BCUT2D eigenvalue weighted by atomic mass is 10.0. The Hall–Kier alpha value is -1.02. The highest BCUT2D eigenvalue weighted by Crippen LogP contribution is 2.21. The van der Waals surface area contributed by atoms with Crippen molar-refractivity contribution in [2.45, 2.75) is 65.5 Å². The van der Waals surface area contributed by atoms with Crippen LogP contribution < -0.4 is 10.1 Å². The number of hydrogen-bond donors (Lipinski definition) is 1. The lowest BCUT2D eigenvalue weighted by Crippen LogP contribution is -2.31. The van der Waals surface area contributed by atoms with Gasteiger partial charge in [0, 0.05) is 6.04 Å². The van der Waals surface area contributed by atoms with E-state index in [4.69, 9.17) is 4.74 Å². The third-order valence-electron chi connectivity index (χ3n) is 3.29. The second-order valence-electron chi connectivity index (χ2n) is 5.75. The Bertz CT molecular complexity index is 362. The molecule has 1 N–H and O–H groups in total. The van der Waals surface area contributed by atoms with Gasteiger partial charge < -0.3 is 10.1 Å². The fourth-order valence-corrected chi connectivity index (χ4v) is 2.20. The molecule has 108 valence electrons. The molecule has 0 amide bonds. The molecule has 1 aromatic rings. The van der Waals surface area contributed by atoms with Crippen LogP contribution in [0.15, 0.2) is 24.3 Å². The topological polar surface area (TPSA) is 21.3 Å². The van der Waals surface area contributed by atoms with E-state index >= 15 is 0 Å². The molecular formula is C17H29NO. The maximum Gasteiger partial charge on any atom is 0.119 e. The highest BCUT2D eigenvalue weighted by atomic mass is 16.5. The second kappa shape index (κ2) is 8.21. The third-order valence-corrected chi connectivity index (χ3v) is 3.29. The molecule has 2 heteroatoms. The summed E-state index contributed by atoms with van der Waals surface area (Å²) in [5, 5.41) is 3.50. The Morgan fingerprint density at radius 2 is 1.89 bits per heavy atom. The highest BCUT2D eigenvalue weighted by Gasteiger charge is 2.10. The van der Waals surface area contributed by atoms with Crippen molar-refractivity contribution in [3.05, 3.63) is 29.8 Å². The van der Waals surface area contributed by atoms with Crippen molar-refractivity contribution < 1.29 is 4.74 Å². The van der Waals surface area contributed by atoms with Gasteiger partial charge >= 0.3 is 0 Å². The Morgan fingerprint density at radius 3 is 2.53 bits per heavy atom. The molecule has 0 aliphatic heterocycles. The predicted molar refractivity (Wildman–Crippen MR) is 83.0 cm³/mol. The molecule has 0 radical (unpaired) electrons. The zero-order valence-corrected chi connectivity index (χ0v) is 13.1. The molecule has 2 nitrogen and oxygen atoms in total. The van der Waals surface area contributed by atoms with E-state index in [1.165, 1.54) is 12.0 Å². The molecule has 0 aromatic heterocycles. The molecule has 0 saturated carbocycles. The van der Waals surface area contributed by atoms with Crippen LogP contribution in [0.25, 0.3) is 0 Å². The van der Waals surface area contributed by atoms with Gasteiger partial charge in [0.25, 0.3) is 0 Å². The maximum atomic E-state index is 6.02. The average molecular weight is 263 g/mol. The second-order valence-corrected chi connectivity index (χ2v) is 5.75. The molecule has 2 unspecified atom stereocenters. The van der Waals surface area contributed by atoms with Gasteiger partial charge in [-0.15, -0.1) is 0 Å². The summed E-state index contributed by atoms with van der Waals surface area (Å²) in [6.45, 7) is 12.1. The summed E-state index contributed by atoms with van der Waals surface area (Å²) in [7, 11) is 0. The van der Waals surface area contributed by atoms with Crippen LogP contribution in [-0.2, 0) is 0 Å². The van der Waals surface area contributed by atoms with Gasteiger partial charge in [-0.25, -0.2) is 0 Å². The normalized spacial score (nSPS) is 14.4. The Kier molecular flexibility index (Phi) is 6.93. The molecule has 1 aromatic carbocycles. The van der Waals surface area contributed by atoms with Crippen molar-refractivity contribution in [2.75, 3.05) is 6.54 Å². The molecule has 0 spiro atoms. The number of nitrogens with one attached hydrogen (secondary N) is 1. The fraction of sp³-hybridized carbons (Fsp3) is 0.647. The monoisotopic (exact) mass is 263 g/mol. The number of benzene rings is 1. The van der Waals surface area contributed by atoms with E-state index in [0.717, 1.165) is 18.7 Å². The average Bonchev–Trinajstić information content (AvgIpc) is 2.36. The van der Waals surface area contributed by atoms with Crippen LogP contribution in [0.3, 0.4) is 0 Å². The van der Waals surface area contributed by atoms with Crippen LogP contribution in [0.1, 0.15) is 58.9 Å². The first-order chi connectivity index (χ1) is 9.02. The Labute approximate surface area is 118 Å². The highest BCUT2D eigenvalue weighted by molar-refractivity contribution is 5.30. The van der Waals surface area contributed by atoms with Crippen molar-refractivity contribution in [1.82, 2.24) is 5.32 Å². The van der Waals surface area contributed by atoms with Crippen LogP contribution in [-0.4, -0.2) is 18.7 Å². The van der Waals surface area contributed by atoms with E-state index in [1.54, 1.807) is 0 Å². The van der Waals surface area contributed by atoms with E-state index in [2.05, 4.69) is 58.1 Å². The predicted octanol–water partition coefficient (Wildman–Crippen LogP) is 4.36. The summed E-state index contributed by atoms with van der Waals surface area (Å²) >= 11 is 0.